The van der Waals surface area contributed by atoms with E-state index in [9.17, 15) is 9.59 Å². The highest BCUT2D eigenvalue weighted by Crippen LogP contribution is 2.27. The highest BCUT2D eigenvalue weighted by molar-refractivity contribution is 6.02. The van der Waals surface area contributed by atoms with Crippen LogP contribution in [0.5, 0.6) is 0 Å². The molecule has 0 radical (unpaired) electrons. The number of amides is 1. The number of carbonyl (C=O) groups excluding carboxylic acids is 2. The van der Waals surface area contributed by atoms with Gasteiger partial charge in [0.1, 0.15) is 0 Å². The molecule has 1 heterocycles. The van der Waals surface area contributed by atoms with Crippen molar-refractivity contribution < 1.29 is 14.3 Å². The summed E-state index contributed by atoms with van der Waals surface area (Å²) >= 11 is 0. The fourth-order valence-corrected chi connectivity index (χ4v) is 3.47. The molecule has 6 heteroatoms. The summed E-state index contributed by atoms with van der Waals surface area (Å²) in [6.45, 7) is -0.368. The Morgan fingerprint density at radius 3 is 2.10 bits per heavy atom. The summed E-state index contributed by atoms with van der Waals surface area (Å²) in [6, 6.07) is 26.5. The standard InChI is InChI=1S/C24H21N3O3/c1-27(23(17-10-4-2-5-11-17)18-12-6-3-7-13-18)21(28)16-30-24(29)22-19-14-8-9-15-20(19)25-26-22/h2-15,23H,16H2,1H3,(H,25,26). The van der Waals surface area contributed by atoms with Gasteiger partial charge in [-0.1, -0.05) is 78.9 Å². The number of H-pyrrole nitrogens is 1. The summed E-state index contributed by atoms with van der Waals surface area (Å²) in [5.74, 6) is -0.939. The highest BCUT2D eigenvalue weighted by atomic mass is 16.5. The van der Waals surface area contributed by atoms with Crippen LogP contribution in [0.15, 0.2) is 84.9 Å². The molecular formula is C24H21N3O3. The monoisotopic (exact) mass is 399 g/mol. The molecule has 4 rings (SSSR count). The zero-order chi connectivity index (χ0) is 20.9. The summed E-state index contributed by atoms with van der Waals surface area (Å²) in [7, 11) is 1.71. The van der Waals surface area contributed by atoms with Crippen molar-refractivity contribution in [2.75, 3.05) is 13.7 Å². The lowest BCUT2D eigenvalue weighted by Gasteiger charge is -2.29. The van der Waals surface area contributed by atoms with E-state index in [-0.39, 0.29) is 24.2 Å². The zero-order valence-corrected chi connectivity index (χ0v) is 16.5. The van der Waals surface area contributed by atoms with E-state index >= 15 is 0 Å². The minimum absolute atomic E-state index is 0.170. The van der Waals surface area contributed by atoms with Gasteiger partial charge in [-0.2, -0.15) is 5.10 Å². The van der Waals surface area contributed by atoms with Crippen molar-refractivity contribution in [3.05, 3.63) is 102 Å². The molecule has 0 aliphatic rings. The van der Waals surface area contributed by atoms with Crippen molar-refractivity contribution in [1.29, 1.82) is 0 Å². The zero-order valence-electron chi connectivity index (χ0n) is 16.5. The molecule has 0 spiro atoms. The van der Waals surface area contributed by atoms with E-state index < -0.39 is 5.97 Å². The Bertz CT molecular complexity index is 1120. The number of esters is 1. The number of benzene rings is 3. The third-order valence-corrected chi connectivity index (χ3v) is 5.00. The first-order valence-corrected chi connectivity index (χ1v) is 9.61. The number of likely N-dealkylation sites (N-methyl/N-ethyl adjacent to an activating group) is 1. The Morgan fingerprint density at radius 1 is 0.900 bits per heavy atom. The van der Waals surface area contributed by atoms with Crippen LogP contribution >= 0.6 is 0 Å². The van der Waals surface area contributed by atoms with Crippen LogP contribution in [-0.4, -0.2) is 40.6 Å². The molecule has 0 atom stereocenters. The first kappa shape index (κ1) is 19.4. The van der Waals surface area contributed by atoms with Crippen LogP contribution in [0.3, 0.4) is 0 Å². The topological polar surface area (TPSA) is 75.3 Å². The predicted molar refractivity (Wildman–Crippen MR) is 114 cm³/mol. The predicted octanol–water partition coefficient (Wildman–Crippen LogP) is 3.97. The molecule has 0 aliphatic heterocycles. The molecule has 0 saturated heterocycles. The molecule has 1 aromatic heterocycles. The molecule has 30 heavy (non-hydrogen) atoms. The van der Waals surface area contributed by atoms with Crippen molar-refractivity contribution in [2.24, 2.45) is 0 Å². The minimum atomic E-state index is -0.634. The summed E-state index contributed by atoms with van der Waals surface area (Å²) in [6.07, 6.45) is 0. The fourth-order valence-electron chi connectivity index (χ4n) is 3.47. The molecular weight excluding hydrogens is 378 g/mol. The van der Waals surface area contributed by atoms with Crippen molar-refractivity contribution in [3.63, 3.8) is 0 Å². The number of aromatic nitrogens is 2. The van der Waals surface area contributed by atoms with Crippen LogP contribution in [0.4, 0.5) is 0 Å². The molecule has 1 N–H and O–H groups in total. The van der Waals surface area contributed by atoms with Gasteiger partial charge in [0.25, 0.3) is 5.91 Å². The van der Waals surface area contributed by atoms with E-state index in [2.05, 4.69) is 10.2 Å². The lowest BCUT2D eigenvalue weighted by atomic mass is 9.97. The molecule has 6 nitrogen and oxygen atoms in total. The van der Waals surface area contributed by atoms with Crippen LogP contribution < -0.4 is 0 Å². The Kier molecular flexibility index (Phi) is 5.57. The van der Waals surface area contributed by atoms with Gasteiger partial charge in [-0.3, -0.25) is 9.89 Å². The summed E-state index contributed by atoms with van der Waals surface area (Å²) in [5.41, 5.74) is 2.86. The van der Waals surface area contributed by atoms with Crippen LogP contribution in [0.2, 0.25) is 0 Å². The van der Waals surface area contributed by atoms with Crippen molar-refractivity contribution in [3.8, 4) is 0 Å². The SMILES string of the molecule is CN(C(=O)COC(=O)c1n[nH]c2ccccc12)C(c1ccccc1)c1ccccc1. The summed E-state index contributed by atoms with van der Waals surface area (Å²) in [5, 5.41) is 7.48. The van der Waals surface area contributed by atoms with Gasteiger partial charge in [-0.05, 0) is 17.2 Å². The maximum atomic E-state index is 12.9. The second kappa shape index (κ2) is 8.61. The van der Waals surface area contributed by atoms with E-state index in [1.807, 2.05) is 78.9 Å². The van der Waals surface area contributed by atoms with Gasteiger partial charge in [0.05, 0.1) is 11.6 Å². The number of nitrogens with zero attached hydrogens (tertiary/aromatic N) is 2. The Labute approximate surface area is 174 Å². The van der Waals surface area contributed by atoms with Gasteiger partial charge in [0.2, 0.25) is 0 Å². The average Bonchev–Trinajstić information content (AvgIpc) is 3.23. The molecule has 4 aromatic rings. The molecule has 0 saturated carbocycles. The second-order valence-electron chi connectivity index (χ2n) is 6.92. The number of fused-ring (bicyclic) bond motifs is 1. The van der Waals surface area contributed by atoms with E-state index in [0.29, 0.717) is 5.39 Å². The molecule has 1 amide bonds. The van der Waals surface area contributed by atoms with Gasteiger partial charge < -0.3 is 9.64 Å². The van der Waals surface area contributed by atoms with E-state index in [1.165, 1.54) is 0 Å². The van der Waals surface area contributed by atoms with Gasteiger partial charge in [-0.25, -0.2) is 4.79 Å². The van der Waals surface area contributed by atoms with E-state index in [1.54, 1.807) is 18.0 Å². The summed E-state index contributed by atoms with van der Waals surface area (Å²) in [4.78, 5) is 27.0. The number of rotatable bonds is 6. The molecule has 0 fully saturated rings. The van der Waals surface area contributed by atoms with Crippen LogP contribution in [0.25, 0.3) is 10.9 Å². The van der Waals surface area contributed by atoms with E-state index in [0.717, 1.165) is 16.6 Å². The number of nitrogens with one attached hydrogen (secondary N) is 1. The third-order valence-electron chi connectivity index (χ3n) is 5.00. The molecule has 150 valence electrons. The first-order chi connectivity index (χ1) is 14.6. The summed E-state index contributed by atoms with van der Waals surface area (Å²) < 4.78 is 5.29. The molecule has 3 aromatic carbocycles. The number of carbonyl (C=O) groups is 2. The number of hydrogen-bond acceptors (Lipinski definition) is 4. The van der Waals surface area contributed by atoms with Crippen LogP contribution in [0, 0.1) is 0 Å². The van der Waals surface area contributed by atoms with Gasteiger partial charge in [0, 0.05) is 12.4 Å². The number of aromatic amines is 1. The normalized spacial score (nSPS) is 10.9. The molecule has 0 unspecified atom stereocenters. The Balaban J connectivity index is 1.50. The van der Waals surface area contributed by atoms with Crippen LogP contribution in [0.1, 0.15) is 27.7 Å². The van der Waals surface area contributed by atoms with Gasteiger partial charge in [-0.15, -0.1) is 0 Å². The third kappa shape index (κ3) is 3.93. The van der Waals surface area contributed by atoms with Crippen molar-refractivity contribution in [1.82, 2.24) is 15.1 Å². The fraction of sp³-hybridized carbons (Fsp3) is 0.125. The lowest BCUT2D eigenvalue weighted by Crippen LogP contribution is -2.35. The average molecular weight is 399 g/mol. The number of hydrogen-bond donors (Lipinski definition) is 1. The molecule has 0 aliphatic carbocycles. The van der Waals surface area contributed by atoms with Gasteiger partial charge in [0.15, 0.2) is 12.3 Å². The maximum Gasteiger partial charge on any atom is 0.359 e. The Morgan fingerprint density at radius 2 is 1.47 bits per heavy atom. The van der Waals surface area contributed by atoms with Crippen LogP contribution in [-0.2, 0) is 9.53 Å². The van der Waals surface area contributed by atoms with E-state index in [4.69, 9.17) is 4.74 Å². The largest absolute Gasteiger partial charge is 0.451 e. The minimum Gasteiger partial charge on any atom is -0.451 e. The number of para-hydroxylation sites is 1. The van der Waals surface area contributed by atoms with Crippen molar-refractivity contribution in [2.45, 2.75) is 6.04 Å². The quantitative estimate of drug-likeness (QED) is 0.498. The molecule has 0 bridgehead atoms. The first-order valence-electron chi connectivity index (χ1n) is 9.61. The second-order valence-corrected chi connectivity index (χ2v) is 6.92. The highest BCUT2D eigenvalue weighted by Gasteiger charge is 2.25. The van der Waals surface area contributed by atoms with Gasteiger partial charge >= 0.3 is 5.97 Å². The Hall–Kier alpha value is -3.93. The lowest BCUT2D eigenvalue weighted by molar-refractivity contribution is -0.134. The number of ether oxygens (including phenoxy) is 1. The maximum absolute atomic E-state index is 12.9. The smallest absolute Gasteiger partial charge is 0.359 e. The van der Waals surface area contributed by atoms with Crippen molar-refractivity contribution >= 4 is 22.8 Å².